The zero-order valence-corrected chi connectivity index (χ0v) is 22.1. The van der Waals surface area contributed by atoms with Crippen LogP contribution in [0.1, 0.15) is 0 Å². The summed E-state index contributed by atoms with van der Waals surface area (Å²) in [5.41, 5.74) is 5.33. The first kappa shape index (κ1) is 23.7. The molecule has 4 aromatic rings. The van der Waals surface area contributed by atoms with Crippen molar-refractivity contribution in [2.24, 2.45) is 0 Å². The summed E-state index contributed by atoms with van der Waals surface area (Å²) in [6.07, 6.45) is 9.45. The average molecular weight is 489 g/mol. The van der Waals surface area contributed by atoms with Crippen LogP contribution >= 0.6 is 23.5 Å². The van der Waals surface area contributed by atoms with Gasteiger partial charge in [0.25, 0.3) is 0 Å². The molecule has 0 saturated heterocycles. The lowest BCUT2D eigenvalue weighted by Gasteiger charge is -2.14. The molecule has 2 aromatic heterocycles. The third kappa shape index (κ3) is 6.53. The van der Waals surface area contributed by atoms with E-state index in [4.69, 9.17) is 0 Å². The molecule has 0 aliphatic rings. The van der Waals surface area contributed by atoms with Crippen LogP contribution in [0.4, 0.5) is 0 Å². The Kier molecular flexibility index (Phi) is 7.62. The fourth-order valence-electron chi connectivity index (χ4n) is 3.22. The summed E-state index contributed by atoms with van der Waals surface area (Å²) in [5, 5.41) is 0.816. The van der Waals surface area contributed by atoms with E-state index in [1.807, 2.05) is 24.8 Å². The Morgan fingerprint density at radius 2 is 1.12 bits per heavy atom. The molecule has 0 amide bonds. The second kappa shape index (κ2) is 10.6. The molecule has 0 aliphatic heterocycles. The van der Waals surface area contributed by atoms with E-state index in [0.29, 0.717) is 5.82 Å². The molecule has 0 saturated carbocycles. The van der Waals surface area contributed by atoms with E-state index in [9.17, 15) is 0 Å². The highest BCUT2D eigenvalue weighted by molar-refractivity contribution is 7.99. The summed E-state index contributed by atoms with van der Waals surface area (Å²) in [4.78, 5) is 19.4. The van der Waals surface area contributed by atoms with Gasteiger partial charge in [-0.25, -0.2) is 19.9 Å². The van der Waals surface area contributed by atoms with Crippen LogP contribution in [0.15, 0.2) is 83.4 Å². The van der Waals surface area contributed by atoms with Gasteiger partial charge in [-0.05, 0) is 46.9 Å². The zero-order valence-electron chi connectivity index (χ0n) is 19.4. The van der Waals surface area contributed by atoms with E-state index in [1.165, 1.54) is 22.1 Å². The van der Waals surface area contributed by atoms with Crippen LogP contribution in [0.3, 0.4) is 0 Å². The van der Waals surface area contributed by atoms with Crippen LogP contribution in [-0.4, -0.2) is 40.0 Å². The molecule has 4 rings (SSSR count). The minimum absolute atomic E-state index is 0.642. The molecule has 0 radical (unpaired) electrons. The second-order valence-corrected chi connectivity index (χ2v) is 16.6. The normalized spacial score (nSPS) is 11.5. The Morgan fingerprint density at radius 3 is 1.64 bits per heavy atom. The maximum Gasteiger partial charge on any atom is 0.187 e. The quantitative estimate of drug-likeness (QED) is 0.146. The molecule has 168 valence electrons. The van der Waals surface area contributed by atoms with Crippen molar-refractivity contribution >= 4 is 31.6 Å². The highest BCUT2D eigenvalue weighted by Gasteiger charge is 2.13. The van der Waals surface area contributed by atoms with Crippen molar-refractivity contribution in [3.05, 3.63) is 73.3 Å². The van der Waals surface area contributed by atoms with Gasteiger partial charge in [-0.15, -0.1) is 11.8 Å². The third-order valence-electron chi connectivity index (χ3n) is 5.26. The third-order valence-corrected chi connectivity index (χ3v) is 9.00. The number of nitrogens with zero attached hydrogens (tertiary/aromatic N) is 4. The number of hydrogen-bond acceptors (Lipinski definition) is 6. The van der Waals surface area contributed by atoms with Crippen molar-refractivity contribution in [2.45, 2.75) is 35.7 Å². The molecule has 0 atom stereocenters. The largest absolute Gasteiger partial charge is 0.236 e. The number of thioether (sulfide) groups is 2. The maximum atomic E-state index is 4.55. The van der Waals surface area contributed by atoms with Gasteiger partial charge in [0, 0.05) is 43.3 Å². The molecular weight excluding hydrogens is 461 g/mol. The fourth-order valence-corrected chi connectivity index (χ4v) is 6.92. The van der Waals surface area contributed by atoms with Crippen LogP contribution in [0, 0.1) is 0 Å². The lowest BCUT2D eigenvalue weighted by molar-refractivity contribution is 0.963. The smallest absolute Gasteiger partial charge is 0.187 e. The SMILES string of the molecule is CSc1ccc(-c2ccc(-c3cnc(-c4cnc(SCC[Si](C)(C)C)nc4)nc3)cc2)cc1. The Hall–Kier alpha value is -2.48. The Bertz CT molecular complexity index is 1170. The summed E-state index contributed by atoms with van der Waals surface area (Å²) < 4.78 is 0. The lowest BCUT2D eigenvalue weighted by Crippen LogP contribution is -2.19. The first-order chi connectivity index (χ1) is 15.9. The van der Waals surface area contributed by atoms with Crippen molar-refractivity contribution in [1.29, 1.82) is 0 Å². The van der Waals surface area contributed by atoms with E-state index in [0.717, 1.165) is 27.6 Å². The maximum absolute atomic E-state index is 4.55. The van der Waals surface area contributed by atoms with Gasteiger partial charge in [0.1, 0.15) is 0 Å². The van der Waals surface area contributed by atoms with Crippen molar-refractivity contribution in [3.8, 4) is 33.6 Å². The molecule has 33 heavy (non-hydrogen) atoms. The summed E-state index contributed by atoms with van der Waals surface area (Å²) in [6, 6.07) is 18.4. The first-order valence-corrected chi connectivity index (χ1v) is 16.9. The van der Waals surface area contributed by atoms with Gasteiger partial charge in [-0.2, -0.15) is 0 Å². The second-order valence-electron chi connectivity index (χ2n) is 9.01. The molecule has 0 unspecified atom stereocenters. The zero-order chi connectivity index (χ0) is 23.3. The van der Waals surface area contributed by atoms with Gasteiger partial charge >= 0.3 is 0 Å². The van der Waals surface area contributed by atoms with Gasteiger partial charge in [-0.3, -0.25) is 0 Å². The topological polar surface area (TPSA) is 51.6 Å². The van der Waals surface area contributed by atoms with Gasteiger partial charge in [-0.1, -0.05) is 67.8 Å². The summed E-state index contributed by atoms with van der Waals surface area (Å²) in [5.74, 6) is 1.71. The molecule has 7 heteroatoms. The Balaban J connectivity index is 1.41. The standard InChI is InChI=1S/C26H28N4S2Si/c1-31-24-11-9-20(10-12-24)19-5-7-21(8-6-19)22-15-27-25(28-16-22)23-17-29-26(30-18-23)32-13-14-33(2,3)4/h5-12,15-18H,13-14H2,1-4H3. The van der Waals surface area contributed by atoms with Crippen molar-refractivity contribution in [3.63, 3.8) is 0 Å². The molecule has 4 nitrogen and oxygen atoms in total. The Morgan fingerprint density at radius 1 is 0.636 bits per heavy atom. The van der Waals surface area contributed by atoms with Crippen molar-refractivity contribution < 1.29 is 0 Å². The fraction of sp³-hybridized carbons (Fsp3) is 0.231. The van der Waals surface area contributed by atoms with Crippen LogP contribution < -0.4 is 0 Å². The molecule has 2 heterocycles. The molecule has 0 bridgehead atoms. The van der Waals surface area contributed by atoms with Gasteiger partial charge < -0.3 is 0 Å². The summed E-state index contributed by atoms with van der Waals surface area (Å²) in [6.45, 7) is 7.16. The van der Waals surface area contributed by atoms with Crippen LogP contribution in [0.2, 0.25) is 25.7 Å². The number of benzene rings is 2. The van der Waals surface area contributed by atoms with Crippen LogP contribution in [-0.2, 0) is 0 Å². The predicted molar refractivity (Wildman–Crippen MR) is 145 cm³/mol. The average Bonchev–Trinajstić information content (AvgIpc) is 2.84. The lowest BCUT2D eigenvalue weighted by atomic mass is 10.0. The van der Waals surface area contributed by atoms with E-state index < -0.39 is 8.07 Å². The predicted octanol–water partition coefficient (Wildman–Crippen LogP) is 7.42. The van der Waals surface area contributed by atoms with E-state index >= 15 is 0 Å². The Labute approximate surface area is 205 Å². The summed E-state index contributed by atoms with van der Waals surface area (Å²) in [7, 11) is -1.03. The minimum Gasteiger partial charge on any atom is -0.236 e. The van der Waals surface area contributed by atoms with E-state index in [2.05, 4.69) is 94.4 Å². The van der Waals surface area contributed by atoms with Crippen LogP contribution in [0.5, 0.6) is 0 Å². The number of hydrogen-bond donors (Lipinski definition) is 0. The van der Waals surface area contributed by atoms with E-state index in [-0.39, 0.29) is 0 Å². The van der Waals surface area contributed by atoms with Gasteiger partial charge in [0.2, 0.25) is 0 Å². The van der Waals surface area contributed by atoms with E-state index in [1.54, 1.807) is 23.5 Å². The molecule has 0 aliphatic carbocycles. The molecule has 0 spiro atoms. The van der Waals surface area contributed by atoms with Gasteiger partial charge in [0.05, 0.1) is 5.56 Å². The highest BCUT2D eigenvalue weighted by Crippen LogP contribution is 2.27. The van der Waals surface area contributed by atoms with Crippen molar-refractivity contribution in [1.82, 2.24) is 19.9 Å². The number of aromatic nitrogens is 4. The van der Waals surface area contributed by atoms with Crippen molar-refractivity contribution in [2.75, 3.05) is 12.0 Å². The first-order valence-electron chi connectivity index (χ1n) is 10.9. The monoisotopic (exact) mass is 488 g/mol. The number of rotatable bonds is 8. The minimum atomic E-state index is -1.03. The molecule has 2 aromatic carbocycles. The summed E-state index contributed by atoms with van der Waals surface area (Å²) >= 11 is 3.48. The molecular formula is C26H28N4S2Si. The van der Waals surface area contributed by atoms with Crippen LogP contribution in [0.25, 0.3) is 33.6 Å². The highest BCUT2D eigenvalue weighted by atomic mass is 32.2. The molecule has 0 N–H and O–H groups in total. The molecule has 0 fully saturated rings. The van der Waals surface area contributed by atoms with Gasteiger partial charge in [0.15, 0.2) is 11.0 Å².